The van der Waals surface area contributed by atoms with Crippen molar-refractivity contribution in [1.29, 1.82) is 0 Å². The first kappa shape index (κ1) is 7.02. The van der Waals surface area contributed by atoms with Crippen LogP contribution in [0.25, 0.3) is 0 Å². The van der Waals surface area contributed by atoms with Crippen molar-refractivity contribution in [1.82, 2.24) is 0 Å². The fourth-order valence-corrected chi connectivity index (χ4v) is 0.706. The molecule has 0 rings (SSSR count). The minimum Gasteiger partial charge on any atom is -0.297 e. The van der Waals surface area contributed by atoms with Gasteiger partial charge in [-0.15, -0.1) is 0 Å². The second-order valence-corrected chi connectivity index (χ2v) is 1.62. The maximum atomic E-state index is 4.04. The SMILES string of the molecule is CCC(CS)=NC. The Bertz CT molecular complexity index is 62.5. The number of nitrogens with zero attached hydrogens (tertiary/aromatic N) is 1. The molecule has 0 fully saturated rings. The van der Waals surface area contributed by atoms with Crippen molar-refractivity contribution < 1.29 is 0 Å². The Labute approximate surface area is 50.2 Å². The van der Waals surface area contributed by atoms with E-state index in [9.17, 15) is 0 Å². The van der Waals surface area contributed by atoms with Gasteiger partial charge < -0.3 is 0 Å². The molecule has 0 aromatic carbocycles. The molecule has 0 aliphatic carbocycles. The molecule has 0 saturated carbocycles. The van der Waals surface area contributed by atoms with Gasteiger partial charge in [-0.2, -0.15) is 12.6 Å². The van der Waals surface area contributed by atoms with Crippen LogP contribution < -0.4 is 0 Å². The second-order valence-electron chi connectivity index (χ2n) is 1.30. The zero-order valence-electron chi connectivity index (χ0n) is 4.81. The van der Waals surface area contributed by atoms with Gasteiger partial charge in [0.1, 0.15) is 0 Å². The highest BCUT2D eigenvalue weighted by atomic mass is 32.1. The number of hydrogen-bond acceptors (Lipinski definition) is 2. The van der Waals surface area contributed by atoms with Crippen LogP contribution in [0.1, 0.15) is 13.3 Å². The van der Waals surface area contributed by atoms with Gasteiger partial charge in [-0.05, 0) is 6.42 Å². The maximum absolute atomic E-state index is 4.04. The third-order valence-corrected chi connectivity index (χ3v) is 1.27. The van der Waals surface area contributed by atoms with Crippen LogP contribution in [0.2, 0.25) is 0 Å². The molecule has 0 aliphatic rings. The second kappa shape index (κ2) is 4.19. The van der Waals surface area contributed by atoms with Gasteiger partial charge in [-0.3, -0.25) is 4.99 Å². The lowest BCUT2D eigenvalue weighted by Gasteiger charge is -1.91. The highest BCUT2D eigenvalue weighted by Gasteiger charge is 1.85. The van der Waals surface area contributed by atoms with E-state index in [0.29, 0.717) is 0 Å². The van der Waals surface area contributed by atoms with E-state index in [-0.39, 0.29) is 0 Å². The molecule has 42 valence electrons. The summed E-state index contributed by atoms with van der Waals surface area (Å²) in [5.74, 6) is 0.799. The van der Waals surface area contributed by atoms with Crippen molar-refractivity contribution in [2.45, 2.75) is 13.3 Å². The quantitative estimate of drug-likeness (QED) is 0.414. The topological polar surface area (TPSA) is 12.4 Å². The minimum absolute atomic E-state index is 0.799. The molecule has 7 heavy (non-hydrogen) atoms. The van der Waals surface area contributed by atoms with Crippen molar-refractivity contribution in [2.75, 3.05) is 12.8 Å². The maximum Gasteiger partial charge on any atom is 0.0283 e. The largest absolute Gasteiger partial charge is 0.297 e. The first-order valence-electron chi connectivity index (χ1n) is 2.40. The Morgan fingerprint density at radius 1 is 1.71 bits per heavy atom. The predicted molar refractivity (Wildman–Crippen MR) is 37.5 cm³/mol. The molecule has 2 heteroatoms. The molecule has 0 aromatic rings. The Hall–Kier alpha value is 0.0200. The summed E-state index contributed by atoms with van der Waals surface area (Å²) in [5.41, 5.74) is 1.17. The highest BCUT2D eigenvalue weighted by molar-refractivity contribution is 7.81. The van der Waals surface area contributed by atoms with Gasteiger partial charge in [0.15, 0.2) is 0 Å². The molecule has 0 unspecified atom stereocenters. The van der Waals surface area contributed by atoms with E-state index >= 15 is 0 Å². The van der Waals surface area contributed by atoms with Crippen LogP contribution in [0, 0.1) is 0 Å². The van der Waals surface area contributed by atoms with E-state index in [1.807, 2.05) is 0 Å². The lowest BCUT2D eigenvalue weighted by atomic mass is 10.3. The summed E-state index contributed by atoms with van der Waals surface area (Å²) in [5, 5.41) is 0. The van der Waals surface area contributed by atoms with Crippen LogP contribution in [0.5, 0.6) is 0 Å². The number of rotatable bonds is 2. The summed E-state index contributed by atoms with van der Waals surface area (Å²) < 4.78 is 0. The number of hydrogen-bond donors (Lipinski definition) is 1. The normalized spacial score (nSPS) is 12.1. The standard InChI is InChI=1S/C5H11NS/c1-3-5(4-7)6-2/h7H,3-4H2,1-2H3. The van der Waals surface area contributed by atoms with E-state index in [4.69, 9.17) is 0 Å². The Morgan fingerprint density at radius 3 is 2.29 bits per heavy atom. The molecule has 0 atom stereocenters. The molecule has 0 heterocycles. The average molecular weight is 117 g/mol. The summed E-state index contributed by atoms with van der Waals surface area (Å²) in [6, 6.07) is 0. The molecule has 0 aromatic heterocycles. The van der Waals surface area contributed by atoms with E-state index in [1.165, 1.54) is 5.71 Å². The number of thiol groups is 1. The molecule has 0 saturated heterocycles. The third kappa shape index (κ3) is 2.68. The van der Waals surface area contributed by atoms with Crippen LogP contribution >= 0.6 is 12.6 Å². The summed E-state index contributed by atoms with van der Waals surface area (Å²) >= 11 is 4.04. The monoisotopic (exact) mass is 117 g/mol. The van der Waals surface area contributed by atoms with Crippen molar-refractivity contribution in [3.05, 3.63) is 0 Å². The van der Waals surface area contributed by atoms with Crippen LogP contribution in [0.15, 0.2) is 4.99 Å². The molecule has 0 radical (unpaired) electrons. The fraction of sp³-hybridized carbons (Fsp3) is 0.800. The zero-order valence-corrected chi connectivity index (χ0v) is 5.70. The van der Waals surface area contributed by atoms with Crippen molar-refractivity contribution in [3.63, 3.8) is 0 Å². The zero-order chi connectivity index (χ0) is 5.70. The number of aliphatic imine (C=N–C) groups is 1. The molecule has 1 nitrogen and oxygen atoms in total. The summed E-state index contributed by atoms with van der Waals surface area (Å²) in [6.45, 7) is 2.08. The van der Waals surface area contributed by atoms with E-state index in [2.05, 4.69) is 24.5 Å². The smallest absolute Gasteiger partial charge is 0.0283 e. The summed E-state index contributed by atoms with van der Waals surface area (Å²) in [6.07, 6.45) is 1.03. The van der Waals surface area contributed by atoms with Crippen LogP contribution in [-0.2, 0) is 0 Å². The van der Waals surface area contributed by atoms with Gasteiger partial charge in [0.05, 0.1) is 0 Å². The van der Waals surface area contributed by atoms with E-state index in [1.54, 1.807) is 7.05 Å². The summed E-state index contributed by atoms with van der Waals surface area (Å²) in [4.78, 5) is 3.97. The van der Waals surface area contributed by atoms with Gasteiger partial charge in [-0.25, -0.2) is 0 Å². The minimum atomic E-state index is 0.799. The molecule has 0 amide bonds. The Kier molecular flexibility index (Phi) is 4.20. The molecule has 0 bridgehead atoms. The first-order chi connectivity index (χ1) is 3.35. The lowest BCUT2D eigenvalue weighted by Crippen LogP contribution is -1.95. The van der Waals surface area contributed by atoms with Gasteiger partial charge in [0, 0.05) is 18.5 Å². The fourth-order valence-electron chi connectivity index (χ4n) is 0.341. The van der Waals surface area contributed by atoms with Crippen molar-refractivity contribution in [3.8, 4) is 0 Å². The van der Waals surface area contributed by atoms with Gasteiger partial charge >= 0.3 is 0 Å². The summed E-state index contributed by atoms with van der Waals surface area (Å²) in [7, 11) is 1.80. The molecule has 0 spiro atoms. The van der Waals surface area contributed by atoms with Crippen molar-refractivity contribution >= 4 is 18.3 Å². The van der Waals surface area contributed by atoms with E-state index in [0.717, 1.165) is 12.2 Å². The van der Waals surface area contributed by atoms with Gasteiger partial charge in [0.25, 0.3) is 0 Å². The first-order valence-corrected chi connectivity index (χ1v) is 3.03. The van der Waals surface area contributed by atoms with Gasteiger partial charge in [0.2, 0.25) is 0 Å². The molecule has 0 aliphatic heterocycles. The third-order valence-electron chi connectivity index (χ3n) is 0.907. The van der Waals surface area contributed by atoms with Crippen LogP contribution in [0.3, 0.4) is 0 Å². The van der Waals surface area contributed by atoms with Crippen LogP contribution in [0.4, 0.5) is 0 Å². The Morgan fingerprint density at radius 2 is 2.29 bits per heavy atom. The average Bonchev–Trinajstić information content (AvgIpc) is 1.72. The van der Waals surface area contributed by atoms with Gasteiger partial charge in [-0.1, -0.05) is 6.92 Å². The van der Waals surface area contributed by atoms with Crippen molar-refractivity contribution in [2.24, 2.45) is 4.99 Å². The lowest BCUT2D eigenvalue weighted by molar-refractivity contribution is 1.24. The molecular weight excluding hydrogens is 106 g/mol. The molecular formula is C5H11NS. The van der Waals surface area contributed by atoms with Crippen LogP contribution in [-0.4, -0.2) is 18.5 Å². The highest BCUT2D eigenvalue weighted by Crippen LogP contribution is 1.86. The molecule has 0 N–H and O–H groups in total. The predicted octanol–water partition coefficient (Wildman–Crippen LogP) is 1.40. The Balaban J connectivity index is 3.38. The van der Waals surface area contributed by atoms with E-state index < -0.39 is 0 Å².